The molecular formula is C13H8Cl2N4O2. The van der Waals surface area contributed by atoms with Crippen LogP contribution in [0.1, 0.15) is 16.1 Å². The largest absolute Gasteiger partial charge is 0.325 e. The minimum Gasteiger partial charge on any atom is -0.325 e. The summed E-state index contributed by atoms with van der Waals surface area (Å²) in [6, 6.07) is 3.27. The maximum absolute atomic E-state index is 12.0. The summed E-state index contributed by atoms with van der Waals surface area (Å²) >= 11 is 11.7. The van der Waals surface area contributed by atoms with Crippen molar-refractivity contribution in [2.45, 2.75) is 6.42 Å². The molecule has 0 atom stereocenters. The first-order valence-electron chi connectivity index (χ1n) is 5.94. The molecule has 8 heteroatoms. The summed E-state index contributed by atoms with van der Waals surface area (Å²) in [6.07, 6.45) is 2.81. The second kappa shape index (κ2) is 5.31. The van der Waals surface area contributed by atoms with E-state index in [1.54, 1.807) is 12.1 Å². The van der Waals surface area contributed by atoms with Gasteiger partial charge >= 0.3 is 0 Å². The van der Waals surface area contributed by atoms with Gasteiger partial charge in [-0.05, 0) is 17.7 Å². The number of aromatic nitrogens is 2. The maximum Gasteiger partial charge on any atom is 0.275 e. The third kappa shape index (κ3) is 2.81. The van der Waals surface area contributed by atoms with E-state index in [0.29, 0.717) is 16.4 Å². The quantitative estimate of drug-likeness (QED) is 0.889. The van der Waals surface area contributed by atoms with Gasteiger partial charge in [-0.2, -0.15) is 0 Å². The molecule has 2 N–H and O–H groups in total. The molecule has 0 bridgehead atoms. The van der Waals surface area contributed by atoms with Crippen LogP contribution in [0.2, 0.25) is 10.2 Å². The lowest BCUT2D eigenvalue weighted by atomic mass is 10.1. The monoisotopic (exact) mass is 322 g/mol. The van der Waals surface area contributed by atoms with Crippen molar-refractivity contribution in [3.63, 3.8) is 0 Å². The highest BCUT2D eigenvalue weighted by molar-refractivity contribution is 6.34. The van der Waals surface area contributed by atoms with Crippen LogP contribution in [0.4, 0.5) is 11.4 Å². The molecular weight excluding hydrogens is 315 g/mol. The van der Waals surface area contributed by atoms with Crippen LogP contribution in [0.5, 0.6) is 0 Å². The van der Waals surface area contributed by atoms with Gasteiger partial charge in [-0.3, -0.25) is 9.59 Å². The van der Waals surface area contributed by atoms with E-state index >= 15 is 0 Å². The predicted molar refractivity (Wildman–Crippen MR) is 78.8 cm³/mol. The zero-order valence-corrected chi connectivity index (χ0v) is 12.0. The summed E-state index contributed by atoms with van der Waals surface area (Å²) in [4.78, 5) is 31.0. The maximum atomic E-state index is 12.0. The number of fused-ring (bicyclic) bond motifs is 1. The van der Waals surface area contributed by atoms with Gasteiger partial charge < -0.3 is 10.6 Å². The second-order valence-corrected chi connectivity index (χ2v) is 5.19. The van der Waals surface area contributed by atoms with Crippen molar-refractivity contribution in [1.82, 2.24) is 9.97 Å². The Hall–Kier alpha value is -2.18. The summed E-state index contributed by atoms with van der Waals surface area (Å²) in [5, 5.41) is 5.84. The number of nitrogens with zero attached hydrogens (tertiary/aromatic N) is 2. The number of nitrogens with one attached hydrogen (secondary N) is 2. The van der Waals surface area contributed by atoms with E-state index in [-0.39, 0.29) is 23.2 Å². The number of hydrogen-bond acceptors (Lipinski definition) is 4. The average Bonchev–Trinajstić information content (AvgIpc) is 2.79. The van der Waals surface area contributed by atoms with Crippen LogP contribution in [0.3, 0.4) is 0 Å². The normalized spacial score (nSPS) is 12.8. The first kappa shape index (κ1) is 13.8. The highest BCUT2D eigenvalue weighted by Gasteiger charge is 2.20. The van der Waals surface area contributed by atoms with E-state index in [1.165, 1.54) is 12.4 Å². The standard InChI is InChI=1S/C13H8Cl2N4O2/c14-7-3-8-6(2-12(20)18-8)1-9(7)19-13(21)10-4-17-11(15)5-16-10/h1,3-5H,2H2,(H,18,20)(H,19,21). The number of amides is 2. The molecule has 3 rings (SSSR count). The number of anilines is 2. The molecule has 6 nitrogen and oxygen atoms in total. The summed E-state index contributed by atoms with van der Waals surface area (Å²) in [6.45, 7) is 0. The third-order valence-electron chi connectivity index (χ3n) is 2.92. The molecule has 0 unspecified atom stereocenters. The lowest BCUT2D eigenvalue weighted by Gasteiger charge is -2.09. The van der Waals surface area contributed by atoms with Crippen LogP contribution in [-0.2, 0) is 11.2 Å². The van der Waals surface area contributed by atoms with Crippen LogP contribution >= 0.6 is 23.2 Å². The fourth-order valence-electron chi connectivity index (χ4n) is 1.96. The van der Waals surface area contributed by atoms with Crippen LogP contribution in [0.25, 0.3) is 0 Å². The molecule has 21 heavy (non-hydrogen) atoms. The van der Waals surface area contributed by atoms with Crippen LogP contribution < -0.4 is 10.6 Å². The van der Waals surface area contributed by atoms with Gasteiger partial charge in [0, 0.05) is 5.69 Å². The topological polar surface area (TPSA) is 84.0 Å². The molecule has 1 aliphatic rings. The van der Waals surface area contributed by atoms with Gasteiger partial charge in [-0.25, -0.2) is 9.97 Å². The van der Waals surface area contributed by atoms with Crippen molar-refractivity contribution < 1.29 is 9.59 Å². The Labute approximate surface area is 129 Å². The molecule has 2 amide bonds. The molecule has 0 fully saturated rings. The Balaban J connectivity index is 1.85. The van der Waals surface area contributed by atoms with E-state index < -0.39 is 5.91 Å². The van der Waals surface area contributed by atoms with Gasteiger partial charge in [0.1, 0.15) is 10.8 Å². The Kier molecular flexibility index (Phi) is 3.48. The number of halogens is 2. The molecule has 1 aromatic carbocycles. The molecule has 0 radical (unpaired) electrons. The third-order valence-corrected chi connectivity index (χ3v) is 3.43. The first-order valence-corrected chi connectivity index (χ1v) is 6.69. The van der Waals surface area contributed by atoms with Crippen molar-refractivity contribution in [1.29, 1.82) is 0 Å². The number of rotatable bonds is 2. The van der Waals surface area contributed by atoms with Crippen molar-refractivity contribution in [2.24, 2.45) is 0 Å². The SMILES string of the molecule is O=C1Cc2cc(NC(=O)c3cnc(Cl)cn3)c(Cl)cc2N1. The van der Waals surface area contributed by atoms with Gasteiger partial charge in [0.25, 0.3) is 5.91 Å². The van der Waals surface area contributed by atoms with Crippen molar-refractivity contribution >= 4 is 46.4 Å². The Morgan fingerprint density at radius 2 is 2.05 bits per heavy atom. The highest BCUT2D eigenvalue weighted by Crippen LogP contribution is 2.32. The zero-order valence-electron chi connectivity index (χ0n) is 10.5. The highest BCUT2D eigenvalue weighted by atomic mass is 35.5. The van der Waals surface area contributed by atoms with Crippen molar-refractivity contribution in [3.8, 4) is 0 Å². The minimum absolute atomic E-state index is 0.104. The van der Waals surface area contributed by atoms with E-state index in [4.69, 9.17) is 23.2 Å². The molecule has 1 aromatic heterocycles. The van der Waals surface area contributed by atoms with Gasteiger partial charge in [0.2, 0.25) is 5.91 Å². The van der Waals surface area contributed by atoms with Gasteiger partial charge in [0.05, 0.1) is 29.5 Å². The van der Waals surface area contributed by atoms with Gasteiger partial charge in [0.15, 0.2) is 0 Å². The molecule has 1 aliphatic heterocycles. The van der Waals surface area contributed by atoms with E-state index in [9.17, 15) is 9.59 Å². The fraction of sp³-hybridized carbons (Fsp3) is 0.0769. The minimum atomic E-state index is -0.460. The Morgan fingerprint density at radius 3 is 2.76 bits per heavy atom. The molecule has 2 aromatic rings. The predicted octanol–water partition coefficient (Wildman–Crippen LogP) is 2.53. The van der Waals surface area contributed by atoms with E-state index in [2.05, 4.69) is 20.6 Å². The van der Waals surface area contributed by atoms with Crippen molar-refractivity contribution in [3.05, 3.63) is 46.0 Å². The summed E-state index contributed by atoms with van der Waals surface area (Å²) in [7, 11) is 0. The lowest BCUT2D eigenvalue weighted by Crippen LogP contribution is -2.14. The van der Waals surface area contributed by atoms with E-state index in [1.807, 2.05) is 0 Å². The molecule has 106 valence electrons. The molecule has 0 saturated carbocycles. The van der Waals surface area contributed by atoms with Crippen LogP contribution in [-0.4, -0.2) is 21.8 Å². The molecule has 2 heterocycles. The van der Waals surface area contributed by atoms with Gasteiger partial charge in [-0.1, -0.05) is 23.2 Å². The zero-order chi connectivity index (χ0) is 15.0. The smallest absolute Gasteiger partial charge is 0.275 e. The number of hydrogen-bond donors (Lipinski definition) is 2. The number of benzene rings is 1. The Morgan fingerprint density at radius 1 is 1.24 bits per heavy atom. The lowest BCUT2D eigenvalue weighted by molar-refractivity contribution is -0.115. The van der Waals surface area contributed by atoms with Gasteiger partial charge in [-0.15, -0.1) is 0 Å². The second-order valence-electron chi connectivity index (χ2n) is 4.39. The summed E-state index contributed by atoms with van der Waals surface area (Å²) in [5.41, 5.74) is 1.97. The van der Waals surface area contributed by atoms with Crippen molar-refractivity contribution in [2.75, 3.05) is 10.6 Å². The molecule has 0 saturated heterocycles. The summed E-state index contributed by atoms with van der Waals surface area (Å²) in [5.74, 6) is -0.564. The average molecular weight is 323 g/mol. The van der Waals surface area contributed by atoms with E-state index in [0.717, 1.165) is 5.56 Å². The summed E-state index contributed by atoms with van der Waals surface area (Å²) < 4.78 is 0. The molecule has 0 aliphatic carbocycles. The Bertz CT molecular complexity index is 747. The number of carbonyl (C=O) groups is 2. The first-order chi connectivity index (χ1) is 10.0. The van der Waals surface area contributed by atoms with Crippen LogP contribution in [0, 0.1) is 0 Å². The number of carbonyl (C=O) groups excluding carboxylic acids is 2. The molecule has 0 spiro atoms. The fourth-order valence-corrected chi connectivity index (χ4v) is 2.27. The van der Waals surface area contributed by atoms with Crippen LogP contribution in [0.15, 0.2) is 24.5 Å².